The molecule has 192 valence electrons. The summed E-state index contributed by atoms with van der Waals surface area (Å²) in [4.78, 5) is 9.22. The van der Waals surface area contributed by atoms with Gasteiger partial charge in [-0.3, -0.25) is 0 Å². The smallest absolute Gasteiger partial charge is 0.298 e. The summed E-state index contributed by atoms with van der Waals surface area (Å²) in [5, 5.41) is 12.9. The van der Waals surface area contributed by atoms with E-state index in [0.717, 1.165) is 41.5 Å². The van der Waals surface area contributed by atoms with Crippen molar-refractivity contribution < 1.29 is 27.8 Å². The van der Waals surface area contributed by atoms with Crippen LogP contribution in [0.1, 0.15) is 48.3 Å². The second-order valence-electron chi connectivity index (χ2n) is 9.16. The molecule has 3 aromatic rings. The lowest BCUT2D eigenvalue weighted by Crippen LogP contribution is -2.22. The van der Waals surface area contributed by atoms with E-state index in [1.807, 2.05) is 17.8 Å². The average Bonchev–Trinajstić information content (AvgIpc) is 3.36. The highest BCUT2D eigenvalue weighted by Gasteiger charge is 2.35. The SMILES string of the molecule is Cc1nc(N[C@H](C)c2cccc(C(F)(F)CO)c2F)c2cc(OC3CCSCC3)c3c(c2n1)CCO3. The largest absolute Gasteiger partial charge is 0.489 e. The van der Waals surface area contributed by atoms with Crippen LogP contribution in [0.2, 0.25) is 0 Å². The second kappa shape index (κ2) is 9.97. The zero-order valence-corrected chi connectivity index (χ0v) is 20.9. The minimum atomic E-state index is -3.68. The molecule has 2 aliphatic heterocycles. The normalized spacial score (nSPS) is 17.1. The van der Waals surface area contributed by atoms with Crippen LogP contribution in [-0.2, 0) is 12.3 Å². The molecule has 6 nitrogen and oxygen atoms in total. The van der Waals surface area contributed by atoms with Gasteiger partial charge in [0.25, 0.3) is 5.92 Å². The summed E-state index contributed by atoms with van der Waals surface area (Å²) in [7, 11) is 0. The van der Waals surface area contributed by atoms with Crippen molar-refractivity contribution in [3.05, 3.63) is 52.6 Å². The number of aliphatic hydroxyl groups excluding tert-OH is 1. The van der Waals surface area contributed by atoms with E-state index < -0.39 is 30.0 Å². The van der Waals surface area contributed by atoms with Crippen LogP contribution in [0.5, 0.6) is 11.5 Å². The highest BCUT2D eigenvalue weighted by molar-refractivity contribution is 7.99. The predicted octanol–water partition coefficient (Wildman–Crippen LogP) is 5.54. The summed E-state index contributed by atoms with van der Waals surface area (Å²) in [6.07, 6.45) is 2.70. The van der Waals surface area contributed by atoms with Gasteiger partial charge in [0, 0.05) is 22.9 Å². The van der Waals surface area contributed by atoms with Gasteiger partial charge in [-0.1, -0.05) is 12.1 Å². The number of anilines is 1. The molecular weight excluding hydrogens is 491 g/mol. The third-order valence-electron chi connectivity index (χ3n) is 6.62. The lowest BCUT2D eigenvalue weighted by Gasteiger charge is -2.24. The summed E-state index contributed by atoms with van der Waals surface area (Å²) in [5.41, 5.74) is 0.892. The zero-order chi connectivity index (χ0) is 25.4. The van der Waals surface area contributed by atoms with E-state index in [1.54, 1.807) is 13.8 Å². The van der Waals surface area contributed by atoms with Crippen molar-refractivity contribution in [2.24, 2.45) is 0 Å². The number of alkyl halides is 2. The first kappa shape index (κ1) is 25.0. The fraction of sp³-hybridized carbons (Fsp3) is 0.462. The van der Waals surface area contributed by atoms with E-state index in [-0.39, 0.29) is 11.7 Å². The van der Waals surface area contributed by atoms with Gasteiger partial charge in [-0.25, -0.2) is 14.4 Å². The van der Waals surface area contributed by atoms with Gasteiger partial charge in [-0.05, 0) is 50.3 Å². The molecule has 10 heteroatoms. The molecule has 0 aliphatic carbocycles. The van der Waals surface area contributed by atoms with Gasteiger partial charge in [0.15, 0.2) is 11.5 Å². The number of aliphatic hydroxyl groups is 1. The minimum absolute atomic E-state index is 0.0470. The van der Waals surface area contributed by atoms with Crippen molar-refractivity contribution in [1.29, 1.82) is 0 Å². The van der Waals surface area contributed by atoms with E-state index >= 15 is 4.39 Å². The fourth-order valence-electron chi connectivity index (χ4n) is 4.75. The van der Waals surface area contributed by atoms with Crippen molar-refractivity contribution in [2.45, 2.75) is 51.2 Å². The first-order chi connectivity index (χ1) is 17.3. The van der Waals surface area contributed by atoms with Gasteiger partial charge in [0.05, 0.1) is 23.7 Å². The summed E-state index contributed by atoms with van der Waals surface area (Å²) < 4.78 is 55.6. The summed E-state index contributed by atoms with van der Waals surface area (Å²) in [6, 6.07) is 4.96. The first-order valence-electron chi connectivity index (χ1n) is 12.0. The van der Waals surface area contributed by atoms with Crippen LogP contribution >= 0.6 is 11.8 Å². The maximum atomic E-state index is 15.1. The maximum Gasteiger partial charge on any atom is 0.298 e. The van der Waals surface area contributed by atoms with Crippen molar-refractivity contribution in [3.8, 4) is 11.5 Å². The molecule has 1 fully saturated rings. The monoisotopic (exact) mass is 519 g/mol. The van der Waals surface area contributed by atoms with Crippen LogP contribution in [0.3, 0.4) is 0 Å². The lowest BCUT2D eigenvalue weighted by atomic mass is 10.00. The molecule has 36 heavy (non-hydrogen) atoms. The van der Waals surface area contributed by atoms with E-state index in [2.05, 4.69) is 15.3 Å². The number of hydrogen-bond donors (Lipinski definition) is 2. The molecular formula is C26H28F3N3O3S. The van der Waals surface area contributed by atoms with Gasteiger partial charge in [-0.2, -0.15) is 20.5 Å². The first-order valence-corrected chi connectivity index (χ1v) is 13.2. The van der Waals surface area contributed by atoms with Crippen molar-refractivity contribution in [1.82, 2.24) is 9.97 Å². The summed E-state index contributed by atoms with van der Waals surface area (Å²) in [5.74, 6) is -0.300. The Bertz CT molecular complexity index is 1280. The van der Waals surface area contributed by atoms with Gasteiger partial charge < -0.3 is 19.9 Å². The van der Waals surface area contributed by atoms with Gasteiger partial charge in [-0.15, -0.1) is 0 Å². The van der Waals surface area contributed by atoms with Crippen LogP contribution in [0.15, 0.2) is 24.3 Å². The Kier molecular flexibility index (Phi) is 6.91. The fourth-order valence-corrected chi connectivity index (χ4v) is 5.82. The Labute approximate surface area is 211 Å². The van der Waals surface area contributed by atoms with Gasteiger partial charge in [0.2, 0.25) is 0 Å². The minimum Gasteiger partial charge on any atom is -0.489 e. The molecule has 2 aliphatic rings. The summed E-state index contributed by atoms with van der Waals surface area (Å²) in [6.45, 7) is 2.51. The highest BCUT2D eigenvalue weighted by Crippen LogP contribution is 2.44. The van der Waals surface area contributed by atoms with Gasteiger partial charge in [0.1, 0.15) is 30.2 Å². The molecule has 0 spiro atoms. The number of thioether (sulfide) groups is 1. The number of nitrogens with zero attached hydrogens (tertiary/aromatic N) is 2. The molecule has 1 saturated heterocycles. The molecule has 0 saturated carbocycles. The van der Waals surface area contributed by atoms with Crippen LogP contribution in [0, 0.1) is 12.7 Å². The number of halogens is 3. The number of nitrogens with one attached hydrogen (secondary N) is 1. The average molecular weight is 520 g/mol. The molecule has 3 heterocycles. The second-order valence-corrected chi connectivity index (χ2v) is 10.4. The third-order valence-corrected chi connectivity index (χ3v) is 7.67. The molecule has 2 aromatic carbocycles. The molecule has 0 amide bonds. The number of fused-ring (bicyclic) bond motifs is 3. The number of benzene rings is 2. The topological polar surface area (TPSA) is 76.5 Å². The molecule has 1 aromatic heterocycles. The molecule has 5 rings (SSSR count). The van der Waals surface area contributed by atoms with Crippen molar-refractivity contribution in [3.63, 3.8) is 0 Å². The lowest BCUT2D eigenvalue weighted by molar-refractivity contribution is -0.0583. The number of hydrogen-bond acceptors (Lipinski definition) is 7. The molecule has 0 radical (unpaired) electrons. The Hall–Kier alpha value is -2.72. The number of ether oxygens (including phenoxy) is 2. The Morgan fingerprint density at radius 3 is 2.81 bits per heavy atom. The molecule has 1 atom stereocenters. The van der Waals surface area contributed by atoms with Crippen LogP contribution < -0.4 is 14.8 Å². The van der Waals surface area contributed by atoms with E-state index in [1.165, 1.54) is 12.1 Å². The molecule has 0 unspecified atom stereocenters. The van der Waals surface area contributed by atoms with Gasteiger partial charge >= 0.3 is 0 Å². The number of rotatable bonds is 7. The number of aromatic nitrogens is 2. The molecule has 0 bridgehead atoms. The molecule has 2 N–H and O–H groups in total. The number of aryl methyl sites for hydroxylation is 1. The Morgan fingerprint density at radius 1 is 1.28 bits per heavy atom. The quantitative estimate of drug-likeness (QED) is 0.424. The van der Waals surface area contributed by atoms with Crippen molar-refractivity contribution >= 4 is 28.5 Å². The summed E-state index contributed by atoms with van der Waals surface area (Å²) >= 11 is 1.92. The van der Waals surface area contributed by atoms with Crippen LogP contribution in [0.25, 0.3) is 10.9 Å². The zero-order valence-electron chi connectivity index (χ0n) is 20.1. The van der Waals surface area contributed by atoms with Crippen LogP contribution in [-0.4, -0.2) is 45.9 Å². The third kappa shape index (κ3) is 4.68. The van der Waals surface area contributed by atoms with Crippen LogP contribution in [0.4, 0.5) is 19.0 Å². The Balaban J connectivity index is 1.54. The highest BCUT2D eigenvalue weighted by atomic mass is 32.2. The Morgan fingerprint density at radius 2 is 2.06 bits per heavy atom. The predicted molar refractivity (Wildman–Crippen MR) is 134 cm³/mol. The van der Waals surface area contributed by atoms with E-state index in [9.17, 15) is 8.78 Å². The standard InChI is InChI=1S/C26H28F3N3O3S/c1-14(17-4-3-5-20(22(17)27)26(28,29)13-33)30-25-19-12-21(35-16-7-10-36-11-8-16)24-18(6-9-34-24)23(19)31-15(2)32-25/h3-5,12,14,16,33H,6-11,13H2,1-2H3,(H,30,31,32)/t14-/m1/s1. The van der Waals surface area contributed by atoms with Crippen molar-refractivity contribution in [2.75, 3.05) is 30.0 Å². The maximum absolute atomic E-state index is 15.1. The van der Waals surface area contributed by atoms with E-state index in [0.29, 0.717) is 41.6 Å². The van der Waals surface area contributed by atoms with E-state index in [4.69, 9.17) is 14.6 Å².